The van der Waals surface area contributed by atoms with Crippen molar-refractivity contribution >= 4 is 23.3 Å². The minimum Gasteiger partial charge on any atom is -0.421 e. The van der Waals surface area contributed by atoms with E-state index < -0.39 is 23.8 Å². The van der Waals surface area contributed by atoms with Gasteiger partial charge in [0.05, 0.1) is 16.7 Å². The van der Waals surface area contributed by atoms with Gasteiger partial charge in [-0.15, -0.1) is 0 Å². The number of rotatable bonds is 10. The van der Waals surface area contributed by atoms with E-state index in [0.29, 0.717) is 12.8 Å². The van der Waals surface area contributed by atoms with E-state index in [2.05, 4.69) is 0 Å². The normalized spacial score (nSPS) is 12.4. The van der Waals surface area contributed by atoms with Crippen LogP contribution in [0.25, 0.3) is 0 Å². The van der Waals surface area contributed by atoms with Crippen molar-refractivity contribution in [3.05, 3.63) is 59.7 Å². The fourth-order valence-electron chi connectivity index (χ4n) is 3.18. The second-order valence-electron chi connectivity index (χ2n) is 8.46. The number of nitrogens with two attached hydrogens (primary N) is 2. The summed E-state index contributed by atoms with van der Waals surface area (Å²) < 4.78 is 11.0. The molecule has 2 aromatic carbocycles. The minimum atomic E-state index is -1.10. The molecule has 0 bridgehead atoms. The number of anilines is 2. The third-order valence-electron chi connectivity index (χ3n) is 4.92. The number of benzene rings is 2. The Labute approximate surface area is 183 Å². The zero-order valence-corrected chi connectivity index (χ0v) is 18.3. The molecule has 0 spiro atoms. The average Bonchev–Trinajstić information content (AvgIpc) is 2.67. The monoisotopic (exact) mass is 428 g/mol. The zero-order valence-electron chi connectivity index (χ0n) is 18.3. The molecule has 0 radical (unpaired) electrons. The summed E-state index contributed by atoms with van der Waals surface area (Å²) in [6.07, 6.45) is 1.41. The molecule has 31 heavy (non-hydrogen) atoms. The second-order valence-corrected chi connectivity index (χ2v) is 8.46. The van der Waals surface area contributed by atoms with Crippen molar-refractivity contribution in [2.24, 2.45) is 5.92 Å². The maximum Gasteiger partial charge on any atom is 0.343 e. The van der Waals surface area contributed by atoms with Crippen LogP contribution in [0.15, 0.2) is 48.5 Å². The van der Waals surface area contributed by atoms with Crippen LogP contribution < -0.4 is 11.5 Å². The Morgan fingerprint density at radius 2 is 1.39 bits per heavy atom. The molecule has 0 fully saturated rings. The van der Waals surface area contributed by atoms with Crippen molar-refractivity contribution < 1.29 is 24.2 Å². The molecule has 1 unspecified atom stereocenters. The lowest BCUT2D eigenvalue weighted by Crippen LogP contribution is -2.27. The van der Waals surface area contributed by atoms with Crippen molar-refractivity contribution in [1.29, 1.82) is 0 Å². The van der Waals surface area contributed by atoms with Crippen LogP contribution in [-0.4, -0.2) is 28.9 Å². The molecule has 7 nitrogen and oxygen atoms in total. The van der Waals surface area contributed by atoms with Crippen LogP contribution in [0.3, 0.4) is 0 Å². The number of carbonyl (C=O) groups is 2. The number of ether oxygens (including phenoxy) is 2. The largest absolute Gasteiger partial charge is 0.421 e. The van der Waals surface area contributed by atoms with Gasteiger partial charge in [-0.05, 0) is 50.5 Å². The third-order valence-corrected chi connectivity index (χ3v) is 4.92. The van der Waals surface area contributed by atoms with Gasteiger partial charge in [0.15, 0.2) is 0 Å². The Morgan fingerprint density at radius 1 is 0.935 bits per heavy atom. The van der Waals surface area contributed by atoms with E-state index >= 15 is 0 Å². The van der Waals surface area contributed by atoms with Crippen molar-refractivity contribution in [2.45, 2.75) is 58.3 Å². The number of hydrogen-bond donors (Lipinski definition) is 3. The first-order valence-corrected chi connectivity index (χ1v) is 10.4. The van der Waals surface area contributed by atoms with E-state index in [4.69, 9.17) is 20.9 Å². The highest BCUT2D eigenvalue weighted by Crippen LogP contribution is 2.23. The molecule has 0 heterocycles. The number of hydrogen-bond acceptors (Lipinski definition) is 7. The number of carbonyl (C=O) groups excluding carboxylic acids is 2. The molecular formula is C24H32N2O5. The Kier molecular flexibility index (Phi) is 8.45. The third kappa shape index (κ3) is 7.94. The zero-order chi connectivity index (χ0) is 23.0. The Hall–Kier alpha value is -3.06. The maximum absolute atomic E-state index is 12.6. The Morgan fingerprint density at radius 3 is 1.81 bits per heavy atom. The number of aliphatic hydroxyl groups is 1. The van der Waals surface area contributed by atoms with E-state index in [1.54, 1.807) is 62.4 Å². The SMILES string of the molecule is CC(CCCC(C)(C)O)CC(OC(=O)c1ccccc1N)OC(=O)c1ccccc1N. The fraction of sp³-hybridized carbons (Fsp3) is 0.417. The van der Waals surface area contributed by atoms with E-state index in [1.807, 2.05) is 6.92 Å². The smallest absolute Gasteiger partial charge is 0.343 e. The molecule has 168 valence electrons. The number of esters is 2. The van der Waals surface area contributed by atoms with Gasteiger partial charge in [0.1, 0.15) is 0 Å². The standard InChI is InChI=1S/C24H32N2O5/c1-16(9-8-14-24(2,3)29)15-21(30-22(27)17-10-4-6-12-19(17)25)31-23(28)18-11-5-7-13-20(18)26/h4-7,10-13,16,21,29H,8-9,14-15,25-26H2,1-3H3. The van der Waals surface area contributed by atoms with E-state index in [0.717, 1.165) is 12.8 Å². The highest BCUT2D eigenvalue weighted by atomic mass is 16.7. The topological polar surface area (TPSA) is 125 Å². The van der Waals surface area contributed by atoms with Gasteiger partial charge in [-0.2, -0.15) is 0 Å². The quantitative estimate of drug-likeness (QED) is 0.295. The van der Waals surface area contributed by atoms with Gasteiger partial charge in [-0.3, -0.25) is 0 Å². The van der Waals surface area contributed by atoms with Gasteiger partial charge >= 0.3 is 11.9 Å². The van der Waals surface area contributed by atoms with Crippen LogP contribution in [-0.2, 0) is 9.47 Å². The van der Waals surface area contributed by atoms with E-state index in [9.17, 15) is 14.7 Å². The predicted molar refractivity (Wildman–Crippen MR) is 120 cm³/mol. The summed E-state index contributed by atoms with van der Waals surface area (Å²) in [5.74, 6) is -1.25. The average molecular weight is 429 g/mol. The summed E-state index contributed by atoms with van der Waals surface area (Å²) in [6.45, 7) is 5.50. The van der Waals surface area contributed by atoms with Gasteiger partial charge in [0.25, 0.3) is 0 Å². The summed E-state index contributed by atoms with van der Waals surface area (Å²) >= 11 is 0. The summed E-state index contributed by atoms with van der Waals surface area (Å²) in [6, 6.07) is 13.1. The molecule has 0 amide bonds. The number of para-hydroxylation sites is 2. The molecule has 0 aliphatic heterocycles. The molecule has 5 N–H and O–H groups in total. The van der Waals surface area contributed by atoms with Crippen LogP contribution in [0.4, 0.5) is 11.4 Å². The lowest BCUT2D eigenvalue weighted by atomic mass is 9.95. The van der Waals surface area contributed by atoms with Gasteiger partial charge in [-0.1, -0.05) is 44.0 Å². The lowest BCUT2D eigenvalue weighted by molar-refractivity contribution is -0.0890. The first kappa shape index (κ1) is 24.2. The van der Waals surface area contributed by atoms with Gasteiger partial charge in [0, 0.05) is 17.8 Å². The first-order chi connectivity index (χ1) is 14.6. The summed E-state index contributed by atoms with van der Waals surface area (Å²) in [4.78, 5) is 25.3. The lowest BCUT2D eigenvalue weighted by Gasteiger charge is -2.23. The first-order valence-electron chi connectivity index (χ1n) is 10.4. The highest BCUT2D eigenvalue weighted by molar-refractivity contribution is 5.96. The van der Waals surface area contributed by atoms with Crippen molar-refractivity contribution in [1.82, 2.24) is 0 Å². The Balaban J connectivity index is 2.10. The predicted octanol–water partition coefficient (Wildman–Crippen LogP) is 4.16. The molecule has 0 saturated heterocycles. The summed E-state index contributed by atoms with van der Waals surface area (Å²) in [7, 11) is 0. The van der Waals surface area contributed by atoms with Crippen molar-refractivity contribution in [3.63, 3.8) is 0 Å². The highest BCUT2D eigenvalue weighted by Gasteiger charge is 2.25. The van der Waals surface area contributed by atoms with Crippen molar-refractivity contribution in [3.8, 4) is 0 Å². The molecule has 0 aromatic heterocycles. The Bertz CT molecular complexity index is 832. The van der Waals surface area contributed by atoms with Crippen LogP contribution in [0, 0.1) is 5.92 Å². The van der Waals surface area contributed by atoms with Crippen LogP contribution in [0.5, 0.6) is 0 Å². The summed E-state index contributed by atoms with van der Waals surface area (Å²) in [5.41, 5.74) is 12.0. The molecule has 0 aliphatic rings. The van der Waals surface area contributed by atoms with Crippen molar-refractivity contribution in [2.75, 3.05) is 11.5 Å². The molecule has 0 saturated carbocycles. The van der Waals surface area contributed by atoms with E-state index in [-0.39, 0.29) is 28.4 Å². The van der Waals surface area contributed by atoms with Crippen LogP contribution in [0.2, 0.25) is 0 Å². The molecule has 7 heteroatoms. The molecular weight excluding hydrogens is 396 g/mol. The summed E-state index contributed by atoms with van der Waals surface area (Å²) in [5, 5.41) is 9.89. The molecule has 1 atom stereocenters. The second kappa shape index (κ2) is 10.8. The maximum atomic E-state index is 12.6. The van der Waals surface area contributed by atoms with Gasteiger partial charge < -0.3 is 26.0 Å². The van der Waals surface area contributed by atoms with E-state index in [1.165, 1.54) is 0 Å². The number of nitrogen functional groups attached to an aromatic ring is 2. The van der Waals surface area contributed by atoms with Crippen LogP contribution >= 0.6 is 0 Å². The molecule has 0 aliphatic carbocycles. The van der Waals surface area contributed by atoms with Gasteiger partial charge in [0.2, 0.25) is 6.29 Å². The van der Waals surface area contributed by atoms with Gasteiger partial charge in [-0.25, -0.2) is 9.59 Å². The minimum absolute atomic E-state index is 0.0780. The molecule has 2 aromatic rings. The molecule has 2 rings (SSSR count). The van der Waals surface area contributed by atoms with Crippen LogP contribution in [0.1, 0.15) is 67.2 Å². The fourth-order valence-corrected chi connectivity index (χ4v) is 3.18.